The van der Waals surface area contributed by atoms with Crippen molar-refractivity contribution >= 4 is 12.1 Å². The van der Waals surface area contributed by atoms with Crippen LogP contribution < -0.4 is 0 Å². The third-order valence-electron chi connectivity index (χ3n) is 0.734. The van der Waals surface area contributed by atoms with Gasteiger partial charge in [-0.25, -0.2) is 0 Å². The monoisotopic (exact) mass is 126 g/mol. The molecule has 0 aromatic carbocycles. The molecule has 0 bridgehead atoms. The molecule has 2 nitrogen and oxygen atoms in total. The summed E-state index contributed by atoms with van der Waals surface area (Å²) in [5, 5.41) is 0. The summed E-state index contributed by atoms with van der Waals surface area (Å²) in [7, 11) is 0. The van der Waals surface area contributed by atoms with Crippen LogP contribution in [0.3, 0.4) is 0 Å². The second-order valence-electron chi connectivity index (χ2n) is 2.06. The Labute approximate surface area is 54.6 Å². The minimum atomic E-state index is -0.120. The van der Waals surface area contributed by atoms with Gasteiger partial charge in [-0.1, -0.05) is 5.57 Å². The van der Waals surface area contributed by atoms with Gasteiger partial charge in [0.05, 0.1) is 6.42 Å². The second-order valence-corrected chi connectivity index (χ2v) is 2.06. The van der Waals surface area contributed by atoms with Crippen LogP contribution in [0.1, 0.15) is 20.3 Å². The predicted octanol–water partition coefficient (Wildman–Crippen LogP) is 1.11. The number of allylic oxidation sites excluding steroid dienone is 2. The van der Waals surface area contributed by atoms with E-state index in [-0.39, 0.29) is 12.2 Å². The van der Waals surface area contributed by atoms with Gasteiger partial charge in [-0.05, 0) is 19.9 Å². The average molecular weight is 126 g/mol. The number of carbonyl (C=O) groups is 2. The SMILES string of the molecule is CC(C)=CC(=O)CC=O. The van der Waals surface area contributed by atoms with Crippen molar-refractivity contribution in [3.63, 3.8) is 0 Å². The Morgan fingerprint density at radius 3 is 2.33 bits per heavy atom. The van der Waals surface area contributed by atoms with Crippen LogP contribution in [0.5, 0.6) is 0 Å². The van der Waals surface area contributed by atoms with Crippen LogP contribution in [0, 0.1) is 0 Å². The Kier molecular flexibility index (Phi) is 3.60. The Balaban J connectivity index is 3.76. The molecular formula is C7H10O2. The fourth-order valence-electron chi connectivity index (χ4n) is 0.463. The molecule has 50 valence electrons. The smallest absolute Gasteiger partial charge is 0.162 e. The maximum absolute atomic E-state index is 10.5. The van der Waals surface area contributed by atoms with Crippen LogP contribution in [0.25, 0.3) is 0 Å². The Hall–Kier alpha value is -0.920. The summed E-state index contributed by atoms with van der Waals surface area (Å²) in [5.41, 5.74) is 0.932. The molecule has 0 aliphatic heterocycles. The summed E-state index contributed by atoms with van der Waals surface area (Å²) in [6, 6.07) is 0. The molecule has 0 saturated heterocycles. The Morgan fingerprint density at radius 2 is 2.00 bits per heavy atom. The zero-order valence-electron chi connectivity index (χ0n) is 5.68. The summed E-state index contributed by atoms with van der Waals surface area (Å²) in [5.74, 6) is -0.120. The fourth-order valence-corrected chi connectivity index (χ4v) is 0.463. The predicted molar refractivity (Wildman–Crippen MR) is 35.1 cm³/mol. The van der Waals surface area contributed by atoms with Crippen LogP contribution in [0.4, 0.5) is 0 Å². The lowest BCUT2D eigenvalue weighted by molar-refractivity contribution is -0.118. The Morgan fingerprint density at radius 1 is 1.44 bits per heavy atom. The van der Waals surface area contributed by atoms with Crippen molar-refractivity contribution < 1.29 is 9.59 Å². The highest BCUT2D eigenvalue weighted by Gasteiger charge is 1.92. The molecule has 0 saturated carbocycles. The van der Waals surface area contributed by atoms with Gasteiger partial charge in [-0.2, -0.15) is 0 Å². The molecule has 9 heavy (non-hydrogen) atoms. The largest absolute Gasteiger partial charge is 0.303 e. The maximum atomic E-state index is 10.5. The molecule has 0 N–H and O–H groups in total. The van der Waals surface area contributed by atoms with Gasteiger partial charge >= 0.3 is 0 Å². The third kappa shape index (κ3) is 4.94. The molecule has 0 aromatic rings. The molecule has 0 unspecified atom stereocenters. The zero-order valence-corrected chi connectivity index (χ0v) is 5.68. The summed E-state index contributed by atoms with van der Waals surface area (Å²) < 4.78 is 0. The number of carbonyl (C=O) groups excluding carboxylic acids is 2. The van der Waals surface area contributed by atoms with Gasteiger partial charge in [0.25, 0.3) is 0 Å². The first-order chi connectivity index (χ1) is 4.16. The van der Waals surface area contributed by atoms with Gasteiger partial charge in [0, 0.05) is 0 Å². The van der Waals surface area contributed by atoms with Gasteiger partial charge in [-0.3, -0.25) is 4.79 Å². The fraction of sp³-hybridized carbons (Fsp3) is 0.429. The van der Waals surface area contributed by atoms with E-state index in [1.54, 1.807) is 0 Å². The summed E-state index contributed by atoms with van der Waals surface area (Å²) >= 11 is 0. The number of aldehydes is 1. The normalized spacial score (nSPS) is 8.22. The molecule has 0 radical (unpaired) electrons. The van der Waals surface area contributed by atoms with Gasteiger partial charge in [-0.15, -0.1) is 0 Å². The van der Waals surface area contributed by atoms with Crippen LogP contribution in [0.2, 0.25) is 0 Å². The topological polar surface area (TPSA) is 34.1 Å². The molecule has 0 amide bonds. The highest BCUT2D eigenvalue weighted by Crippen LogP contribution is 1.90. The summed E-state index contributed by atoms with van der Waals surface area (Å²) in [6.07, 6.45) is 2.08. The van der Waals surface area contributed by atoms with Crippen LogP contribution in [-0.2, 0) is 9.59 Å². The zero-order chi connectivity index (χ0) is 7.28. The van der Waals surface area contributed by atoms with E-state index in [1.807, 2.05) is 13.8 Å². The first kappa shape index (κ1) is 8.08. The molecule has 0 aliphatic carbocycles. The second kappa shape index (κ2) is 4.01. The first-order valence-electron chi connectivity index (χ1n) is 2.78. The van der Waals surface area contributed by atoms with E-state index in [0.29, 0.717) is 6.29 Å². The van der Waals surface area contributed by atoms with E-state index in [4.69, 9.17) is 0 Å². The van der Waals surface area contributed by atoms with Crippen molar-refractivity contribution in [3.8, 4) is 0 Å². The lowest BCUT2D eigenvalue weighted by Crippen LogP contribution is -1.92. The van der Waals surface area contributed by atoms with E-state index in [1.165, 1.54) is 6.08 Å². The standard InChI is InChI=1S/C7H10O2/c1-6(2)5-7(9)3-4-8/h4-5H,3H2,1-2H3. The minimum Gasteiger partial charge on any atom is -0.303 e. The van der Waals surface area contributed by atoms with E-state index in [9.17, 15) is 9.59 Å². The lowest BCUT2D eigenvalue weighted by Gasteiger charge is -1.85. The van der Waals surface area contributed by atoms with Gasteiger partial charge in [0.1, 0.15) is 6.29 Å². The molecule has 0 heterocycles. The molecule has 0 aliphatic rings. The van der Waals surface area contributed by atoms with Crippen molar-refractivity contribution in [2.45, 2.75) is 20.3 Å². The highest BCUT2D eigenvalue weighted by molar-refractivity contribution is 5.98. The minimum absolute atomic E-state index is 0.00514. The van der Waals surface area contributed by atoms with Crippen molar-refractivity contribution in [1.29, 1.82) is 0 Å². The van der Waals surface area contributed by atoms with E-state index < -0.39 is 0 Å². The van der Waals surface area contributed by atoms with E-state index >= 15 is 0 Å². The van der Waals surface area contributed by atoms with E-state index in [0.717, 1.165) is 5.57 Å². The van der Waals surface area contributed by atoms with Gasteiger partial charge in [0.15, 0.2) is 5.78 Å². The molecule has 0 spiro atoms. The van der Waals surface area contributed by atoms with Crippen molar-refractivity contribution in [2.75, 3.05) is 0 Å². The summed E-state index contributed by atoms with van der Waals surface area (Å²) in [4.78, 5) is 20.3. The number of hydrogen-bond acceptors (Lipinski definition) is 2. The molecule has 0 aromatic heterocycles. The third-order valence-corrected chi connectivity index (χ3v) is 0.734. The molecular weight excluding hydrogens is 116 g/mol. The van der Waals surface area contributed by atoms with Crippen molar-refractivity contribution in [2.24, 2.45) is 0 Å². The van der Waals surface area contributed by atoms with Crippen molar-refractivity contribution in [1.82, 2.24) is 0 Å². The quantitative estimate of drug-likeness (QED) is 0.322. The highest BCUT2D eigenvalue weighted by atomic mass is 16.1. The average Bonchev–Trinajstić information content (AvgIpc) is 1.63. The van der Waals surface area contributed by atoms with Crippen LogP contribution in [-0.4, -0.2) is 12.1 Å². The van der Waals surface area contributed by atoms with Crippen molar-refractivity contribution in [3.05, 3.63) is 11.6 Å². The van der Waals surface area contributed by atoms with E-state index in [2.05, 4.69) is 0 Å². The number of rotatable bonds is 3. The maximum Gasteiger partial charge on any atom is 0.162 e. The molecule has 2 heteroatoms. The number of hydrogen-bond donors (Lipinski definition) is 0. The van der Waals surface area contributed by atoms with Crippen LogP contribution >= 0.6 is 0 Å². The van der Waals surface area contributed by atoms with Crippen LogP contribution in [0.15, 0.2) is 11.6 Å². The van der Waals surface area contributed by atoms with Gasteiger partial charge < -0.3 is 4.79 Å². The lowest BCUT2D eigenvalue weighted by atomic mass is 10.2. The summed E-state index contributed by atoms with van der Waals surface area (Å²) in [6.45, 7) is 3.64. The van der Waals surface area contributed by atoms with Gasteiger partial charge in [0.2, 0.25) is 0 Å². The molecule has 0 fully saturated rings. The first-order valence-corrected chi connectivity index (χ1v) is 2.78. The molecule has 0 atom stereocenters. The Bertz CT molecular complexity index is 141. The molecule has 0 rings (SSSR count). The number of ketones is 1.